The molecule has 29 heavy (non-hydrogen) atoms. The molecule has 8 nitrogen and oxygen atoms in total. The van der Waals surface area contributed by atoms with Gasteiger partial charge in [-0.2, -0.15) is 5.10 Å². The summed E-state index contributed by atoms with van der Waals surface area (Å²) in [5.41, 5.74) is 2.20. The third kappa shape index (κ3) is 2.75. The van der Waals surface area contributed by atoms with E-state index in [1.165, 1.54) is 9.30 Å². The molecule has 0 spiro atoms. The number of fused-ring (bicyclic) bond motifs is 4. The van der Waals surface area contributed by atoms with Gasteiger partial charge in [0.15, 0.2) is 5.82 Å². The second-order valence-corrected chi connectivity index (χ2v) is 6.95. The molecule has 2 aliphatic rings. The Morgan fingerprint density at radius 3 is 2.72 bits per heavy atom. The summed E-state index contributed by atoms with van der Waals surface area (Å²) in [7, 11) is 0. The molecule has 1 amide bonds. The lowest BCUT2D eigenvalue weighted by Gasteiger charge is -2.30. The van der Waals surface area contributed by atoms with Gasteiger partial charge in [-0.3, -0.25) is 19.1 Å². The van der Waals surface area contributed by atoms with Gasteiger partial charge in [-0.25, -0.2) is 9.78 Å². The monoisotopic (exact) mass is 389 g/mol. The maximum Gasteiger partial charge on any atom is 0.415 e. The number of anilines is 2. The topological polar surface area (TPSA) is 79.5 Å². The molecule has 0 saturated carbocycles. The number of para-hydroxylation sites is 1. The van der Waals surface area contributed by atoms with Gasteiger partial charge >= 0.3 is 6.09 Å². The summed E-state index contributed by atoms with van der Waals surface area (Å²) in [6, 6.07) is 15.1. The number of hydrazone groups is 1. The SMILES string of the molecule is CCOC(=O)N1C[C@@H]2CN(c3ccccc3)N=C2c2c1nc1ccccn1c2=O. The normalized spacial score (nSPS) is 17.7. The first-order valence-electron chi connectivity index (χ1n) is 9.54. The summed E-state index contributed by atoms with van der Waals surface area (Å²) in [4.78, 5) is 32.1. The van der Waals surface area contributed by atoms with E-state index < -0.39 is 6.09 Å². The van der Waals surface area contributed by atoms with Gasteiger partial charge in [0, 0.05) is 18.7 Å². The average molecular weight is 389 g/mol. The van der Waals surface area contributed by atoms with Crippen LogP contribution in [0.2, 0.25) is 0 Å². The van der Waals surface area contributed by atoms with Gasteiger partial charge in [0.25, 0.3) is 5.56 Å². The zero-order chi connectivity index (χ0) is 20.0. The van der Waals surface area contributed by atoms with Crippen molar-refractivity contribution in [1.82, 2.24) is 9.38 Å². The third-order valence-corrected chi connectivity index (χ3v) is 5.18. The minimum absolute atomic E-state index is 0.108. The van der Waals surface area contributed by atoms with Crippen molar-refractivity contribution in [3.05, 3.63) is 70.6 Å². The van der Waals surface area contributed by atoms with Crippen molar-refractivity contribution in [2.75, 3.05) is 29.6 Å². The van der Waals surface area contributed by atoms with E-state index in [4.69, 9.17) is 9.84 Å². The second-order valence-electron chi connectivity index (χ2n) is 6.95. The summed E-state index contributed by atoms with van der Waals surface area (Å²) in [5, 5.41) is 6.62. The molecule has 0 fully saturated rings. The molecule has 8 heteroatoms. The Labute approximate surface area is 166 Å². The number of benzene rings is 1. The molecule has 1 aromatic carbocycles. The molecule has 2 aliphatic heterocycles. The molecule has 0 bridgehead atoms. The fraction of sp³-hybridized carbons (Fsp3) is 0.238. The standard InChI is InChI=1S/C21H19N5O3/c1-2-29-21(28)25-12-14-13-26(15-8-4-3-5-9-15)23-18(14)17-19(25)22-16-10-6-7-11-24(16)20(17)27/h3-11,14H,2,12-13H2,1H3/t14-/m1/s1. The van der Waals surface area contributed by atoms with Crippen molar-refractivity contribution in [2.45, 2.75) is 6.92 Å². The van der Waals surface area contributed by atoms with Crippen molar-refractivity contribution in [3.8, 4) is 0 Å². The van der Waals surface area contributed by atoms with Gasteiger partial charge in [0.05, 0.1) is 24.6 Å². The van der Waals surface area contributed by atoms with E-state index in [9.17, 15) is 9.59 Å². The van der Waals surface area contributed by atoms with Gasteiger partial charge in [-0.1, -0.05) is 24.3 Å². The quantitative estimate of drug-likeness (QED) is 0.673. The highest BCUT2D eigenvalue weighted by Gasteiger charge is 2.42. The Kier molecular flexibility index (Phi) is 4.04. The van der Waals surface area contributed by atoms with Crippen LogP contribution in [0.4, 0.5) is 16.3 Å². The molecule has 0 saturated heterocycles. The predicted molar refractivity (Wildman–Crippen MR) is 110 cm³/mol. The summed E-state index contributed by atoms with van der Waals surface area (Å²) in [6.45, 7) is 2.94. The molecule has 2 aromatic heterocycles. The highest BCUT2D eigenvalue weighted by atomic mass is 16.6. The summed E-state index contributed by atoms with van der Waals surface area (Å²) in [5.74, 6) is 0.202. The minimum Gasteiger partial charge on any atom is -0.449 e. The molecular weight excluding hydrogens is 370 g/mol. The van der Waals surface area contributed by atoms with Crippen LogP contribution < -0.4 is 15.5 Å². The highest BCUT2D eigenvalue weighted by Crippen LogP contribution is 2.33. The summed E-state index contributed by atoms with van der Waals surface area (Å²) in [6.07, 6.45) is 1.17. The fourth-order valence-corrected chi connectivity index (χ4v) is 3.88. The van der Waals surface area contributed by atoms with Crippen LogP contribution in [0.25, 0.3) is 5.65 Å². The first kappa shape index (κ1) is 17.4. The Morgan fingerprint density at radius 1 is 1.14 bits per heavy atom. The Balaban J connectivity index is 1.70. The van der Waals surface area contributed by atoms with Crippen molar-refractivity contribution in [3.63, 3.8) is 0 Å². The fourth-order valence-electron chi connectivity index (χ4n) is 3.88. The van der Waals surface area contributed by atoms with Crippen LogP contribution in [0, 0.1) is 5.92 Å². The largest absolute Gasteiger partial charge is 0.449 e. The average Bonchev–Trinajstić information content (AvgIpc) is 3.18. The van der Waals surface area contributed by atoms with E-state index in [0.717, 1.165) is 5.69 Å². The van der Waals surface area contributed by atoms with Crippen LogP contribution in [-0.4, -0.2) is 40.9 Å². The molecule has 3 aromatic rings. The highest BCUT2D eigenvalue weighted by molar-refractivity contribution is 6.12. The molecule has 0 unspecified atom stereocenters. The molecule has 0 aliphatic carbocycles. The van der Waals surface area contributed by atoms with Crippen LogP contribution in [0.15, 0.2) is 64.6 Å². The van der Waals surface area contributed by atoms with E-state index in [-0.39, 0.29) is 18.1 Å². The first-order chi connectivity index (χ1) is 14.2. The number of nitrogens with zero attached hydrogens (tertiary/aromatic N) is 5. The zero-order valence-electron chi connectivity index (χ0n) is 15.9. The van der Waals surface area contributed by atoms with E-state index >= 15 is 0 Å². The number of amides is 1. The van der Waals surface area contributed by atoms with Crippen LogP contribution in [-0.2, 0) is 4.74 Å². The third-order valence-electron chi connectivity index (χ3n) is 5.18. The van der Waals surface area contributed by atoms with E-state index in [0.29, 0.717) is 35.8 Å². The van der Waals surface area contributed by atoms with Crippen LogP contribution in [0.1, 0.15) is 12.5 Å². The second kappa shape index (κ2) is 6.73. The Bertz CT molecular complexity index is 1190. The molecule has 0 radical (unpaired) electrons. The van der Waals surface area contributed by atoms with Crippen LogP contribution >= 0.6 is 0 Å². The number of ether oxygens (including phenoxy) is 1. The van der Waals surface area contributed by atoms with Crippen molar-refractivity contribution in [1.29, 1.82) is 0 Å². The van der Waals surface area contributed by atoms with Gasteiger partial charge in [0.1, 0.15) is 11.2 Å². The number of pyridine rings is 1. The van der Waals surface area contributed by atoms with E-state index in [1.807, 2.05) is 35.3 Å². The first-order valence-corrected chi connectivity index (χ1v) is 9.54. The van der Waals surface area contributed by atoms with Gasteiger partial charge < -0.3 is 4.74 Å². The number of aromatic nitrogens is 2. The summed E-state index contributed by atoms with van der Waals surface area (Å²) >= 11 is 0. The van der Waals surface area contributed by atoms with Crippen LogP contribution in [0.5, 0.6) is 0 Å². The smallest absolute Gasteiger partial charge is 0.415 e. The number of carbonyl (C=O) groups is 1. The number of hydrogen-bond acceptors (Lipinski definition) is 6. The number of rotatable bonds is 2. The molecule has 0 N–H and O–H groups in total. The number of carbonyl (C=O) groups excluding carboxylic acids is 1. The Morgan fingerprint density at radius 2 is 1.93 bits per heavy atom. The minimum atomic E-state index is -0.502. The summed E-state index contributed by atoms with van der Waals surface area (Å²) < 4.78 is 6.72. The van der Waals surface area contributed by atoms with E-state index in [2.05, 4.69) is 4.98 Å². The molecule has 4 heterocycles. The Hall–Kier alpha value is -3.68. The number of hydrogen-bond donors (Lipinski definition) is 0. The van der Waals surface area contributed by atoms with Crippen LogP contribution in [0.3, 0.4) is 0 Å². The van der Waals surface area contributed by atoms with Crippen molar-refractivity contribution < 1.29 is 9.53 Å². The molecular formula is C21H19N5O3. The van der Waals surface area contributed by atoms with Crippen molar-refractivity contribution in [2.24, 2.45) is 11.0 Å². The van der Waals surface area contributed by atoms with E-state index in [1.54, 1.807) is 31.3 Å². The lowest BCUT2D eigenvalue weighted by atomic mass is 9.94. The van der Waals surface area contributed by atoms with Crippen molar-refractivity contribution >= 4 is 29.0 Å². The molecule has 1 atom stereocenters. The van der Waals surface area contributed by atoms with Gasteiger partial charge in [-0.15, -0.1) is 0 Å². The maximum absolute atomic E-state index is 13.3. The lowest BCUT2D eigenvalue weighted by Crippen LogP contribution is -2.47. The molecule has 5 rings (SSSR count). The maximum atomic E-state index is 13.3. The lowest BCUT2D eigenvalue weighted by molar-refractivity contribution is 0.159. The van der Waals surface area contributed by atoms with Gasteiger partial charge in [-0.05, 0) is 31.2 Å². The predicted octanol–water partition coefficient (Wildman–Crippen LogP) is 2.51. The zero-order valence-corrected chi connectivity index (χ0v) is 15.9. The molecule has 146 valence electrons. The van der Waals surface area contributed by atoms with Gasteiger partial charge in [0.2, 0.25) is 0 Å².